The summed E-state index contributed by atoms with van der Waals surface area (Å²) in [5, 5.41) is 19.9. The largest absolute Gasteiger partial charge is 0.420 e. The van der Waals surface area contributed by atoms with Gasteiger partial charge in [0.15, 0.2) is 0 Å². The third-order valence-corrected chi connectivity index (χ3v) is 4.04. The van der Waals surface area contributed by atoms with Crippen molar-refractivity contribution in [1.29, 1.82) is 0 Å². The fraction of sp³-hybridized carbons (Fsp3) is 0.111. The number of nitro benzene ring substituents is 1. The first kappa shape index (κ1) is 15.1. The topological polar surface area (TPSA) is 87.0 Å². The molecule has 0 bridgehead atoms. The van der Waals surface area contributed by atoms with Gasteiger partial charge < -0.3 is 8.98 Å². The van der Waals surface area contributed by atoms with E-state index in [9.17, 15) is 10.1 Å². The van der Waals surface area contributed by atoms with Crippen LogP contribution >= 0.6 is 0 Å². The molecule has 0 atom stereocenters. The Hall–Kier alpha value is -3.48. The standard InChI is InChI=1S/C18H14N4O3/c1-12-19-20-18(25-12)17-10-14-4-2-3-5-16(14)21(17)11-13-6-8-15(9-7-13)22(23)24/h2-10H,11H2,1H3. The summed E-state index contributed by atoms with van der Waals surface area (Å²) in [5.41, 5.74) is 2.88. The highest BCUT2D eigenvalue weighted by Gasteiger charge is 2.16. The Morgan fingerprint density at radius 2 is 1.88 bits per heavy atom. The number of non-ortho nitro benzene ring substituents is 1. The molecule has 0 aliphatic rings. The highest BCUT2D eigenvalue weighted by molar-refractivity contribution is 5.85. The first-order chi connectivity index (χ1) is 12.1. The highest BCUT2D eigenvalue weighted by Crippen LogP contribution is 2.28. The normalized spacial score (nSPS) is 11.1. The molecule has 2 aromatic carbocycles. The van der Waals surface area contributed by atoms with Crippen LogP contribution in [0.2, 0.25) is 0 Å². The van der Waals surface area contributed by atoms with Crippen molar-refractivity contribution in [3.8, 4) is 11.6 Å². The number of hydrogen-bond acceptors (Lipinski definition) is 5. The maximum Gasteiger partial charge on any atom is 0.269 e. The Kier molecular flexibility index (Phi) is 3.53. The summed E-state index contributed by atoms with van der Waals surface area (Å²) in [6.07, 6.45) is 0. The van der Waals surface area contributed by atoms with Crippen LogP contribution in [0.1, 0.15) is 11.5 Å². The minimum atomic E-state index is -0.401. The van der Waals surface area contributed by atoms with Crippen LogP contribution in [0.3, 0.4) is 0 Å². The van der Waals surface area contributed by atoms with E-state index in [0.29, 0.717) is 18.3 Å². The first-order valence-electron chi connectivity index (χ1n) is 7.74. The van der Waals surface area contributed by atoms with Crippen molar-refractivity contribution in [3.63, 3.8) is 0 Å². The number of rotatable bonds is 4. The molecule has 0 unspecified atom stereocenters. The van der Waals surface area contributed by atoms with Crippen LogP contribution in [-0.4, -0.2) is 19.7 Å². The first-order valence-corrected chi connectivity index (χ1v) is 7.74. The Balaban J connectivity index is 1.80. The fourth-order valence-electron chi connectivity index (χ4n) is 2.86. The van der Waals surface area contributed by atoms with Crippen LogP contribution in [0.15, 0.2) is 59.0 Å². The van der Waals surface area contributed by atoms with Gasteiger partial charge in [-0.05, 0) is 17.7 Å². The third kappa shape index (κ3) is 2.76. The van der Waals surface area contributed by atoms with E-state index in [4.69, 9.17) is 4.42 Å². The van der Waals surface area contributed by atoms with E-state index in [1.54, 1.807) is 19.1 Å². The molecule has 0 aliphatic carbocycles. The predicted molar refractivity (Wildman–Crippen MR) is 92.2 cm³/mol. The lowest BCUT2D eigenvalue weighted by molar-refractivity contribution is -0.384. The van der Waals surface area contributed by atoms with Crippen molar-refractivity contribution in [1.82, 2.24) is 14.8 Å². The molecule has 2 heterocycles. The van der Waals surface area contributed by atoms with Crippen LogP contribution in [0, 0.1) is 17.0 Å². The van der Waals surface area contributed by atoms with E-state index in [-0.39, 0.29) is 5.69 Å². The smallest absolute Gasteiger partial charge is 0.269 e. The van der Waals surface area contributed by atoms with Crippen molar-refractivity contribution in [3.05, 3.63) is 76.2 Å². The number of aryl methyl sites for hydroxylation is 1. The molecule has 7 heteroatoms. The second-order valence-corrected chi connectivity index (χ2v) is 5.72. The van der Waals surface area contributed by atoms with Gasteiger partial charge in [0.05, 0.1) is 4.92 Å². The van der Waals surface area contributed by atoms with Gasteiger partial charge in [-0.3, -0.25) is 10.1 Å². The lowest BCUT2D eigenvalue weighted by atomic mass is 10.2. The van der Waals surface area contributed by atoms with E-state index in [1.807, 2.05) is 30.3 Å². The van der Waals surface area contributed by atoms with Crippen molar-refractivity contribution in [2.75, 3.05) is 0 Å². The number of aromatic nitrogens is 3. The number of benzene rings is 2. The molecular weight excluding hydrogens is 320 g/mol. The molecule has 0 amide bonds. The van der Waals surface area contributed by atoms with E-state index in [2.05, 4.69) is 14.8 Å². The molecule has 7 nitrogen and oxygen atoms in total. The monoisotopic (exact) mass is 334 g/mol. The summed E-state index contributed by atoms with van der Waals surface area (Å²) in [4.78, 5) is 10.4. The molecule has 0 spiro atoms. The SMILES string of the molecule is Cc1nnc(-c2cc3ccccc3n2Cc2ccc([N+](=O)[O-])cc2)o1. The van der Waals surface area contributed by atoms with E-state index in [1.165, 1.54) is 12.1 Å². The van der Waals surface area contributed by atoms with E-state index >= 15 is 0 Å². The zero-order chi connectivity index (χ0) is 17.4. The number of nitrogens with zero attached hydrogens (tertiary/aromatic N) is 4. The van der Waals surface area contributed by atoms with Crippen LogP contribution in [0.5, 0.6) is 0 Å². The molecular formula is C18H14N4O3. The molecule has 124 valence electrons. The van der Waals surface area contributed by atoms with Gasteiger partial charge in [-0.2, -0.15) is 0 Å². The maximum atomic E-state index is 10.8. The molecule has 0 aliphatic heterocycles. The minimum Gasteiger partial charge on any atom is -0.420 e. The van der Waals surface area contributed by atoms with Gasteiger partial charge in [-0.25, -0.2) is 0 Å². The van der Waals surface area contributed by atoms with Crippen LogP contribution in [0.25, 0.3) is 22.5 Å². The Morgan fingerprint density at radius 3 is 2.56 bits per heavy atom. The van der Waals surface area contributed by atoms with Crippen LogP contribution in [0.4, 0.5) is 5.69 Å². The Morgan fingerprint density at radius 1 is 1.12 bits per heavy atom. The van der Waals surface area contributed by atoms with Crippen molar-refractivity contribution < 1.29 is 9.34 Å². The van der Waals surface area contributed by atoms with Gasteiger partial charge in [-0.15, -0.1) is 10.2 Å². The summed E-state index contributed by atoms with van der Waals surface area (Å²) in [7, 11) is 0. The van der Waals surface area contributed by atoms with Gasteiger partial charge in [0.25, 0.3) is 11.6 Å². The second-order valence-electron chi connectivity index (χ2n) is 5.72. The number of nitro groups is 1. The molecule has 0 saturated carbocycles. The molecule has 0 radical (unpaired) electrons. The van der Waals surface area contributed by atoms with Crippen molar-refractivity contribution in [2.45, 2.75) is 13.5 Å². The number of para-hydroxylation sites is 1. The maximum absolute atomic E-state index is 10.8. The lowest BCUT2D eigenvalue weighted by Gasteiger charge is -2.09. The van der Waals surface area contributed by atoms with Crippen LogP contribution in [-0.2, 0) is 6.54 Å². The van der Waals surface area contributed by atoms with Gasteiger partial charge in [0.2, 0.25) is 5.89 Å². The number of hydrogen-bond donors (Lipinski definition) is 0. The molecule has 4 aromatic rings. The van der Waals surface area contributed by atoms with Crippen LogP contribution < -0.4 is 0 Å². The summed E-state index contributed by atoms with van der Waals surface area (Å²) in [5.74, 6) is 0.956. The highest BCUT2D eigenvalue weighted by atomic mass is 16.6. The van der Waals surface area contributed by atoms with E-state index in [0.717, 1.165) is 22.2 Å². The summed E-state index contributed by atoms with van der Waals surface area (Å²) in [6, 6.07) is 16.5. The fourth-order valence-corrected chi connectivity index (χ4v) is 2.86. The van der Waals surface area contributed by atoms with E-state index < -0.39 is 4.92 Å². The van der Waals surface area contributed by atoms with Crippen molar-refractivity contribution >= 4 is 16.6 Å². The average molecular weight is 334 g/mol. The summed E-state index contributed by atoms with van der Waals surface area (Å²) in [6.45, 7) is 2.29. The van der Waals surface area contributed by atoms with Gasteiger partial charge in [-0.1, -0.05) is 30.3 Å². The third-order valence-electron chi connectivity index (χ3n) is 4.04. The Bertz CT molecular complexity index is 1060. The average Bonchev–Trinajstić information content (AvgIpc) is 3.19. The molecule has 0 fully saturated rings. The molecule has 4 rings (SSSR count). The zero-order valence-corrected chi connectivity index (χ0v) is 13.4. The minimum absolute atomic E-state index is 0.0777. The lowest BCUT2D eigenvalue weighted by Crippen LogP contribution is -2.02. The summed E-state index contributed by atoms with van der Waals surface area (Å²) >= 11 is 0. The zero-order valence-electron chi connectivity index (χ0n) is 13.4. The molecule has 25 heavy (non-hydrogen) atoms. The van der Waals surface area contributed by atoms with Gasteiger partial charge in [0, 0.05) is 36.5 Å². The molecule has 2 aromatic heterocycles. The van der Waals surface area contributed by atoms with Crippen molar-refractivity contribution in [2.24, 2.45) is 0 Å². The van der Waals surface area contributed by atoms with Gasteiger partial charge >= 0.3 is 0 Å². The molecule has 0 N–H and O–H groups in total. The summed E-state index contributed by atoms with van der Waals surface area (Å²) < 4.78 is 7.67. The Labute approximate surface area is 142 Å². The second kappa shape index (κ2) is 5.86. The predicted octanol–water partition coefficient (Wildman–Crippen LogP) is 3.96. The van der Waals surface area contributed by atoms with Gasteiger partial charge in [0.1, 0.15) is 5.69 Å². The quantitative estimate of drug-likeness (QED) is 0.416. The molecule has 0 saturated heterocycles. The number of fused-ring (bicyclic) bond motifs is 1.